The van der Waals surface area contributed by atoms with Gasteiger partial charge in [-0.1, -0.05) is 0 Å². The average Bonchev–Trinajstić information content (AvgIpc) is 2.54. The zero-order valence-electron chi connectivity index (χ0n) is 11.9. The van der Waals surface area contributed by atoms with Crippen molar-refractivity contribution in [1.29, 1.82) is 0 Å². The van der Waals surface area contributed by atoms with Gasteiger partial charge in [0.25, 0.3) is 5.91 Å². The third-order valence-electron chi connectivity index (χ3n) is 2.85. The summed E-state index contributed by atoms with van der Waals surface area (Å²) in [6.07, 6.45) is 0.372. The zero-order chi connectivity index (χ0) is 15.9. The van der Waals surface area contributed by atoms with Crippen LogP contribution in [0.1, 0.15) is 12.8 Å². The molecule has 0 aromatic heterocycles. The molecule has 2 N–H and O–H groups in total. The molecule has 116 valence electrons. The molecule has 2 amide bonds. The minimum atomic E-state index is -0.718. The van der Waals surface area contributed by atoms with Gasteiger partial charge in [0.05, 0.1) is 7.11 Å². The Morgan fingerprint density at radius 3 is 2.59 bits per heavy atom. The molecule has 2 rings (SSSR count). The number of methoxy groups -OCH3 is 1. The third-order valence-corrected chi connectivity index (χ3v) is 2.85. The second-order valence-corrected chi connectivity index (χ2v) is 4.45. The molecule has 8 heteroatoms. The second kappa shape index (κ2) is 7.21. The van der Waals surface area contributed by atoms with Crippen LogP contribution in [0.2, 0.25) is 0 Å². The minimum absolute atomic E-state index is 0.0943. The third kappa shape index (κ3) is 4.30. The van der Waals surface area contributed by atoms with Gasteiger partial charge in [0.15, 0.2) is 6.61 Å². The molecule has 0 radical (unpaired) electrons. The number of amides is 2. The molecular weight excluding hydrogens is 290 g/mol. The van der Waals surface area contributed by atoms with Gasteiger partial charge >= 0.3 is 5.97 Å². The average molecular weight is 305 g/mol. The van der Waals surface area contributed by atoms with Crippen LogP contribution in [-0.2, 0) is 19.1 Å². The highest BCUT2D eigenvalue weighted by Gasteiger charge is 2.20. The molecule has 1 heterocycles. The Morgan fingerprint density at radius 2 is 2.00 bits per heavy atom. The van der Waals surface area contributed by atoms with Crippen molar-refractivity contribution in [1.82, 2.24) is 5.43 Å². The van der Waals surface area contributed by atoms with Crippen molar-refractivity contribution in [2.24, 2.45) is 5.10 Å². The molecule has 1 aliphatic rings. The van der Waals surface area contributed by atoms with Gasteiger partial charge in [0, 0.05) is 18.5 Å². The Hall–Kier alpha value is -2.90. The largest absolute Gasteiger partial charge is 0.497 e. The van der Waals surface area contributed by atoms with Gasteiger partial charge in [-0.15, -0.1) is 0 Å². The predicted octanol–water partition coefficient (Wildman–Crippen LogP) is 0.443. The van der Waals surface area contributed by atoms with Gasteiger partial charge in [-0.3, -0.25) is 9.59 Å². The summed E-state index contributed by atoms with van der Waals surface area (Å²) in [6.45, 7) is -0.433. The number of esters is 1. The number of ether oxygens (including phenoxy) is 2. The first-order chi connectivity index (χ1) is 10.6. The summed E-state index contributed by atoms with van der Waals surface area (Å²) in [6, 6.07) is 6.72. The van der Waals surface area contributed by atoms with Crippen LogP contribution >= 0.6 is 0 Å². The molecule has 0 aliphatic carbocycles. The lowest BCUT2D eigenvalue weighted by Crippen LogP contribution is -2.32. The Balaban J connectivity index is 1.79. The summed E-state index contributed by atoms with van der Waals surface area (Å²) < 4.78 is 9.84. The van der Waals surface area contributed by atoms with E-state index in [0.29, 0.717) is 11.4 Å². The van der Waals surface area contributed by atoms with Gasteiger partial charge in [-0.05, 0) is 24.3 Å². The summed E-state index contributed by atoms with van der Waals surface area (Å²) in [5.74, 6) is -0.778. The molecule has 22 heavy (non-hydrogen) atoms. The van der Waals surface area contributed by atoms with E-state index in [2.05, 4.69) is 15.8 Å². The number of nitrogens with zero attached hydrogens (tertiary/aromatic N) is 1. The van der Waals surface area contributed by atoms with Gasteiger partial charge in [0.2, 0.25) is 5.91 Å². The molecule has 1 aliphatic heterocycles. The molecule has 8 nitrogen and oxygen atoms in total. The van der Waals surface area contributed by atoms with E-state index in [1.807, 2.05) is 0 Å². The fraction of sp³-hybridized carbons (Fsp3) is 0.286. The minimum Gasteiger partial charge on any atom is -0.497 e. The topological polar surface area (TPSA) is 106 Å². The summed E-state index contributed by atoms with van der Waals surface area (Å²) in [7, 11) is 1.55. The number of rotatable bonds is 5. The van der Waals surface area contributed by atoms with Crippen LogP contribution in [0, 0.1) is 0 Å². The molecule has 1 aromatic carbocycles. The maximum atomic E-state index is 11.7. The van der Waals surface area contributed by atoms with Crippen molar-refractivity contribution >= 4 is 29.2 Å². The fourth-order valence-corrected chi connectivity index (χ4v) is 1.71. The normalized spacial score (nSPS) is 13.7. The molecule has 0 spiro atoms. The highest BCUT2D eigenvalue weighted by Crippen LogP contribution is 2.14. The quantitative estimate of drug-likeness (QED) is 0.768. The van der Waals surface area contributed by atoms with E-state index in [0.717, 1.165) is 0 Å². The number of anilines is 1. The number of carbonyl (C=O) groups is 3. The number of hydrogen-bond acceptors (Lipinski definition) is 6. The molecule has 0 saturated carbocycles. The molecular formula is C14H15N3O5. The SMILES string of the molecule is COc1ccc(NC(=O)COC(=O)C2=NNC(=O)CC2)cc1. The Bertz CT molecular complexity index is 609. The van der Waals surface area contributed by atoms with Crippen molar-refractivity contribution in [3.8, 4) is 5.75 Å². The lowest BCUT2D eigenvalue weighted by Gasteiger charge is -2.11. The lowest BCUT2D eigenvalue weighted by atomic mass is 10.2. The summed E-state index contributed by atoms with van der Waals surface area (Å²) >= 11 is 0. The zero-order valence-corrected chi connectivity index (χ0v) is 11.9. The number of hydrogen-bond donors (Lipinski definition) is 2. The summed E-state index contributed by atoms with van der Waals surface area (Å²) in [5, 5.41) is 6.17. The van der Waals surface area contributed by atoms with Crippen LogP contribution in [-0.4, -0.2) is 37.2 Å². The van der Waals surface area contributed by atoms with Crippen LogP contribution in [0.15, 0.2) is 29.4 Å². The van der Waals surface area contributed by atoms with Crippen LogP contribution in [0.5, 0.6) is 5.75 Å². The fourth-order valence-electron chi connectivity index (χ4n) is 1.71. The molecule has 0 atom stereocenters. The van der Waals surface area contributed by atoms with Crippen molar-refractivity contribution in [2.75, 3.05) is 19.0 Å². The van der Waals surface area contributed by atoms with Crippen molar-refractivity contribution in [2.45, 2.75) is 12.8 Å². The Kier molecular flexibility index (Phi) is 5.07. The second-order valence-electron chi connectivity index (χ2n) is 4.45. The van der Waals surface area contributed by atoms with E-state index in [9.17, 15) is 14.4 Å². The van der Waals surface area contributed by atoms with E-state index < -0.39 is 18.5 Å². The first kappa shape index (κ1) is 15.5. The van der Waals surface area contributed by atoms with Gasteiger partial charge in [0.1, 0.15) is 11.5 Å². The first-order valence-corrected chi connectivity index (χ1v) is 6.55. The highest BCUT2D eigenvalue weighted by molar-refractivity contribution is 6.37. The molecule has 0 fully saturated rings. The van der Waals surface area contributed by atoms with Gasteiger partial charge < -0.3 is 14.8 Å². The van der Waals surface area contributed by atoms with E-state index in [4.69, 9.17) is 9.47 Å². The first-order valence-electron chi connectivity index (χ1n) is 6.55. The van der Waals surface area contributed by atoms with Crippen LogP contribution in [0.3, 0.4) is 0 Å². The van der Waals surface area contributed by atoms with E-state index >= 15 is 0 Å². The monoisotopic (exact) mass is 305 g/mol. The number of benzene rings is 1. The van der Waals surface area contributed by atoms with Crippen molar-refractivity contribution in [3.05, 3.63) is 24.3 Å². The van der Waals surface area contributed by atoms with Crippen LogP contribution in [0.4, 0.5) is 5.69 Å². The van der Waals surface area contributed by atoms with E-state index in [-0.39, 0.29) is 24.5 Å². The molecule has 0 saturated heterocycles. The number of nitrogens with one attached hydrogen (secondary N) is 2. The lowest BCUT2D eigenvalue weighted by molar-refractivity contribution is -0.140. The molecule has 0 unspecified atom stereocenters. The standard InChI is InChI=1S/C14H15N3O5/c1-21-10-4-2-9(3-5-10)15-13(19)8-22-14(20)11-6-7-12(18)17-16-11/h2-5H,6-8H2,1H3,(H,15,19)(H,17,18). The number of hydrazone groups is 1. The molecule has 1 aromatic rings. The van der Waals surface area contributed by atoms with Crippen LogP contribution in [0.25, 0.3) is 0 Å². The van der Waals surface area contributed by atoms with Crippen molar-refractivity contribution < 1.29 is 23.9 Å². The summed E-state index contributed by atoms with van der Waals surface area (Å²) in [4.78, 5) is 34.2. The molecule has 0 bridgehead atoms. The predicted molar refractivity (Wildman–Crippen MR) is 77.4 cm³/mol. The Labute approximate surface area is 126 Å². The van der Waals surface area contributed by atoms with Crippen LogP contribution < -0.4 is 15.5 Å². The Morgan fingerprint density at radius 1 is 1.27 bits per heavy atom. The highest BCUT2D eigenvalue weighted by atomic mass is 16.5. The van der Waals surface area contributed by atoms with Gasteiger partial charge in [-0.25, -0.2) is 10.2 Å². The van der Waals surface area contributed by atoms with Crippen molar-refractivity contribution in [3.63, 3.8) is 0 Å². The summed E-state index contributed by atoms with van der Waals surface area (Å²) in [5.41, 5.74) is 2.84. The van der Waals surface area contributed by atoms with E-state index in [1.165, 1.54) is 0 Å². The maximum Gasteiger partial charge on any atom is 0.355 e. The smallest absolute Gasteiger partial charge is 0.355 e. The van der Waals surface area contributed by atoms with E-state index in [1.54, 1.807) is 31.4 Å². The maximum absolute atomic E-state index is 11.7. The van der Waals surface area contributed by atoms with Gasteiger partial charge in [-0.2, -0.15) is 5.10 Å². The number of carbonyl (C=O) groups excluding carboxylic acids is 3.